The second-order valence-corrected chi connectivity index (χ2v) is 10.9. The van der Waals surface area contributed by atoms with Gasteiger partial charge in [-0.15, -0.1) is 0 Å². The van der Waals surface area contributed by atoms with Crippen LogP contribution in [0.15, 0.2) is 40.9 Å². The predicted molar refractivity (Wildman–Crippen MR) is 172 cm³/mol. The van der Waals surface area contributed by atoms with Crippen molar-refractivity contribution >= 4 is 43.7 Å². The van der Waals surface area contributed by atoms with Crippen molar-refractivity contribution in [1.82, 2.24) is 19.4 Å². The van der Waals surface area contributed by atoms with Crippen LogP contribution < -0.4 is 10.1 Å². The molecule has 2 aromatic heterocycles. The van der Waals surface area contributed by atoms with E-state index in [-0.39, 0.29) is 0 Å². The summed E-state index contributed by atoms with van der Waals surface area (Å²) in [5, 5.41) is 4.76. The molecule has 0 fully saturated rings. The van der Waals surface area contributed by atoms with Gasteiger partial charge in [-0.05, 0) is 81.4 Å². The number of rotatable bonds is 14. The largest absolute Gasteiger partial charge is 0.497 e. The number of nitrogens with one attached hydrogen (secondary N) is 1. The lowest BCUT2D eigenvalue weighted by atomic mass is 10.1. The molecule has 0 aliphatic carbocycles. The standard InChI is InChI=1S/C30H40BrN5O2.C2H6/c1-6-7-10-27-34-28-29(36(27)16-9-8-15-35(2)3)25-18-23(31)12-14-26(25)33-30(28)32-19-21-11-13-24(38-5)17-22(21)20-37-4;1-2/h11-14,17-18H,6-10,15-16,19-20H2,1-5H3,(H,32,33);1-2H3. The average Bonchev–Trinajstić information content (AvgIpc) is 3.33. The summed E-state index contributed by atoms with van der Waals surface area (Å²) in [6.07, 6.45) is 5.47. The first-order chi connectivity index (χ1) is 19.4. The molecule has 0 unspecified atom stereocenters. The van der Waals surface area contributed by atoms with Gasteiger partial charge in [0.05, 0.1) is 24.8 Å². The molecule has 40 heavy (non-hydrogen) atoms. The normalized spacial score (nSPS) is 11.2. The Kier molecular flexibility index (Phi) is 12.7. The van der Waals surface area contributed by atoms with E-state index in [0.717, 1.165) is 94.6 Å². The lowest BCUT2D eigenvalue weighted by Gasteiger charge is -2.15. The summed E-state index contributed by atoms with van der Waals surface area (Å²) in [6.45, 7) is 9.41. The van der Waals surface area contributed by atoms with Gasteiger partial charge in [0.2, 0.25) is 0 Å². The molecule has 0 bridgehead atoms. The fourth-order valence-electron chi connectivity index (χ4n) is 4.86. The van der Waals surface area contributed by atoms with E-state index < -0.39 is 0 Å². The number of aryl methyl sites for hydroxylation is 2. The first-order valence-electron chi connectivity index (χ1n) is 14.5. The fourth-order valence-corrected chi connectivity index (χ4v) is 5.23. The number of hydrogen-bond donors (Lipinski definition) is 1. The maximum absolute atomic E-state index is 5.46. The van der Waals surface area contributed by atoms with Gasteiger partial charge >= 0.3 is 0 Å². The smallest absolute Gasteiger partial charge is 0.155 e. The number of methoxy groups -OCH3 is 2. The number of fused-ring (bicyclic) bond motifs is 3. The molecule has 218 valence electrons. The molecule has 4 aromatic rings. The van der Waals surface area contributed by atoms with Gasteiger partial charge < -0.3 is 24.3 Å². The molecule has 7 nitrogen and oxygen atoms in total. The zero-order valence-electron chi connectivity index (χ0n) is 25.3. The summed E-state index contributed by atoms with van der Waals surface area (Å²) in [7, 11) is 7.67. The van der Waals surface area contributed by atoms with Crippen molar-refractivity contribution in [2.45, 2.75) is 72.6 Å². The molecule has 0 saturated carbocycles. The van der Waals surface area contributed by atoms with Gasteiger partial charge in [-0.1, -0.05) is 49.2 Å². The van der Waals surface area contributed by atoms with E-state index >= 15 is 0 Å². The molecule has 4 rings (SSSR count). The van der Waals surface area contributed by atoms with E-state index in [1.807, 2.05) is 26.0 Å². The number of halogens is 1. The fraction of sp³-hybridized carbons (Fsp3) is 0.500. The van der Waals surface area contributed by atoms with Gasteiger partial charge in [0.25, 0.3) is 0 Å². The zero-order chi connectivity index (χ0) is 29.1. The highest BCUT2D eigenvalue weighted by Gasteiger charge is 2.19. The van der Waals surface area contributed by atoms with Crippen molar-refractivity contribution in [3.05, 3.63) is 57.8 Å². The molecular formula is C32H46BrN5O2. The van der Waals surface area contributed by atoms with Crippen LogP contribution in [0, 0.1) is 0 Å². The Morgan fingerprint density at radius 3 is 2.48 bits per heavy atom. The van der Waals surface area contributed by atoms with E-state index in [0.29, 0.717) is 13.2 Å². The van der Waals surface area contributed by atoms with E-state index in [9.17, 15) is 0 Å². The van der Waals surface area contributed by atoms with Crippen LogP contribution in [0.25, 0.3) is 21.9 Å². The third-order valence-corrected chi connectivity index (χ3v) is 7.36. The quantitative estimate of drug-likeness (QED) is 0.147. The van der Waals surface area contributed by atoms with Gasteiger partial charge in [0.15, 0.2) is 5.82 Å². The van der Waals surface area contributed by atoms with Crippen LogP contribution >= 0.6 is 15.9 Å². The van der Waals surface area contributed by atoms with Crippen LogP contribution in [0.5, 0.6) is 5.75 Å². The second-order valence-electron chi connectivity index (χ2n) is 10.0. The summed E-state index contributed by atoms with van der Waals surface area (Å²) in [6, 6.07) is 12.4. The number of imidazole rings is 1. The van der Waals surface area contributed by atoms with Crippen LogP contribution in [-0.2, 0) is 30.9 Å². The Morgan fingerprint density at radius 1 is 0.975 bits per heavy atom. The highest BCUT2D eigenvalue weighted by molar-refractivity contribution is 9.10. The van der Waals surface area contributed by atoms with Gasteiger partial charge in [-0.25, -0.2) is 9.97 Å². The van der Waals surface area contributed by atoms with Crippen molar-refractivity contribution in [2.75, 3.05) is 40.2 Å². The van der Waals surface area contributed by atoms with Crippen molar-refractivity contribution < 1.29 is 9.47 Å². The summed E-state index contributed by atoms with van der Waals surface area (Å²) < 4.78 is 14.4. The van der Waals surface area contributed by atoms with Crippen molar-refractivity contribution in [3.8, 4) is 5.75 Å². The third kappa shape index (κ3) is 7.95. The minimum Gasteiger partial charge on any atom is -0.497 e. The van der Waals surface area contributed by atoms with Crippen LogP contribution in [0.2, 0.25) is 0 Å². The molecule has 0 aliphatic rings. The van der Waals surface area contributed by atoms with E-state index in [2.05, 4.69) is 76.0 Å². The molecule has 2 aromatic carbocycles. The Morgan fingerprint density at radius 2 is 1.77 bits per heavy atom. The first kappa shape index (κ1) is 31.8. The molecule has 0 aliphatic heterocycles. The average molecular weight is 613 g/mol. The number of ether oxygens (including phenoxy) is 2. The Balaban J connectivity index is 0.00000216. The van der Waals surface area contributed by atoms with E-state index in [4.69, 9.17) is 19.4 Å². The van der Waals surface area contributed by atoms with E-state index in [1.54, 1.807) is 14.2 Å². The number of hydrogen-bond acceptors (Lipinski definition) is 6. The van der Waals surface area contributed by atoms with E-state index in [1.165, 1.54) is 5.52 Å². The summed E-state index contributed by atoms with van der Waals surface area (Å²) in [4.78, 5) is 12.5. The van der Waals surface area contributed by atoms with Crippen LogP contribution in [0.3, 0.4) is 0 Å². The maximum Gasteiger partial charge on any atom is 0.155 e. The number of pyridine rings is 1. The van der Waals surface area contributed by atoms with Gasteiger partial charge in [0.1, 0.15) is 17.1 Å². The molecule has 0 spiro atoms. The van der Waals surface area contributed by atoms with Crippen molar-refractivity contribution in [2.24, 2.45) is 0 Å². The number of aromatic nitrogens is 3. The third-order valence-electron chi connectivity index (χ3n) is 6.87. The second kappa shape index (κ2) is 15.9. The van der Waals surface area contributed by atoms with Crippen molar-refractivity contribution in [3.63, 3.8) is 0 Å². The lowest BCUT2D eigenvalue weighted by molar-refractivity contribution is 0.184. The van der Waals surface area contributed by atoms with Gasteiger partial charge in [0, 0.05) is 36.5 Å². The summed E-state index contributed by atoms with van der Waals surface area (Å²) in [5.41, 5.74) is 5.31. The summed E-state index contributed by atoms with van der Waals surface area (Å²) >= 11 is 3.68. The highest BCUT2D eigenvalue weighted by atomic mass is 79.9. The molecule has 8 heteroatoms. The monoisotopic (exact) mass is 611 g/mol. The molecule has 0 amide bonds. The Bertz CT molecular complexity index is 1370. The SMILES string of the molecule is CC.CCCCc1nc2c(NCc3ccc(OC)cc3COC)nc3ccc(Br)cc3c2n1CCCCN(C)C. The minimum absolute atomic E-state index is 0.519. The predicted octanol–water partition coefficient (Wildman–Crippen LogP) is 7.82. The number of benzene rings is 2. The highest BCUT2D eigenvalue weighted by Crippen LogP contribution is 2.33. The summed E-state index contributed by atoms with van der Waals surface area (Å²) in [5.74, 6) is 2.79. The molecule has 0 atom stereocenters. The molecule has 2 heterocycles. The van der Waals surface area contributed by atoms with Crippen LogP contribution in [-0.4, -0.2) is 54.3 Å². The number of anilines is 1. The number of unbranched alkanes of at least 4 members (excludes halogenated alkanes) is 2. The Labute approximate surface area is 248 Å². The molecule has 0 saturated heterocycles. The molecule has 1 N–H and O–H groups in total. The first-order valence-corrected chi connectivity index (χ1v) is 15.3. The molecule has 0 radical (unpaired) electrons. The van der Waals surface area contributed by atoms with Gasteiger partial charge in [-0.2, -0.15) is 0 Å². The topological polar surface area (TPSA) is 64.4 Å². The number of nitrogens with zero attached hydrogens (tertiary/aromatic N) is 4. The lowest BCUT2D eigenvalue weighted by Crippen LogP contribution is -2.14. The van der Waals surface area contributed by atoms with Gasteiger partial charge in [-0.3, -0.25) is 0 Å². The van der Waals surface area contributed by atoms with Crippen LogP contribution in [0.4, 0.5) is 5.82 Å². The maximum atomic E-state index is 5.46. The zero-order valence-corrected chi connectivity index (χ0v) is 26.9. The van der Waals surface area contributed by atoms with Crippen molar-refractivity contribution in [1.29, 1.82) is 0 Å². The Hall–Kier alpha value is -2.68. The molecular weight excluding hydrogens is 566 g/mol. The van der Waals surface area contributed by atoms with Crippen LogP contribution in [0.1, 0.15) is 63.4 Å². The minimum atomic E-state index is 0.519.